The largest absolute Gasteiger partial charge is 0.393 e. The number of hydrogen-bond acceptors (Lipinski definition) is 5. The fourth-order valence-corrected chi connectivity index (χ4v) is 2.29. The summed E-state index contributed by atoms with van der Waals surface area (Å²) < 4.78 is 5.65. The Morgan fingerprint density at radius 1 is 1.39 bits per heavy atom. The summed E-state index contributed by atoms with van der Waals surface area (Å²) in [6.45, 7) is 5.55. The van der Waals surface area contributed by atoms with Crippen molar-refractivity contribution in [2.75, 3.05) is 23.7 Å². The first-order valence-electron chi connectivity index (χ1n) is 5.91. The molecule has 2 rings (SSSR count). The van der Waals surface area contributed by atoms with E-state index < -0.39 is 4.92 Å². The van der Waals surface area contributed by atoms with Crippen molar-refractivity contribution in [3.63, 3.8) is 0 Å². The minimum Gasteiger partial charge on any atom is -0.393 e. The molecule has 1 saturated heterocycles. The van der Waals surface area contributed by atoms with E-state index in [-0.39, 0.29) is 23.6 Å². The number of nitro benzene ring substituents is 1. The Hall–Kier alpha value is -1.82. The van der Waals surface area contributed by atoms with Crippen LogP contribution < -0.4 is 10.6 Å². The van der Waals surface area contributed by atoms with Gasteiger partial charge < -0.3 is 15.4 Å². The third-order valence-electron chi connectivity index (χ3n) is 2.99. The smallest absolute Gasteiger partial charge is 0.292 e. The zero-order valence-electron chi connectivity index (χ0n) is 10.5. The van der Waals surface area contributed by atoms with E-state index in [1.807, 2.05) is 13.8 Å². The highest BCUT2D eigenvalue weighted by Crippen LogP contribution is 2.28. The predicted octanol–water partition coefficient (Wildman–Crippen LogP) is 1.79. The Morgan fingerprint density at radius 3 is 2.50 bits per heavy atom. The van der Waals surface area contributed by atoms with Gasteiger partial charge in [0.2, 0.25) is 0 Å². The molecule has 1 aliphatic rings. The highest BCUT2D eigenvalue weighted by Gasteiger charge is 2.23. The molecule has 1 aromatic carbocycles. The molecule has 6 nitrogen and oxygen atoms in total. The Balaban J connectivity index is 2.23. The van der Waals surface area contributed by atoms with E-state index in [9.17, 15) is 10.1 Å². The molecule has 1 aromatic rings. The van der Waals surface area contributed by atoms with Crippen LogP contribution in [0.1, 0.15) is 13.8 Å². The molecule has 0 aliphatic carbocycles. The maximum absolute atomic E-state index is 10.7. The number of morpholine rings is 1. The second-order valence-electron chi connectivity index (χ2n) is 4.66. The highest BCUT2D eigenvalue weighted by atomic mass is 16.6. The van der Waals surface area contributed by atoms with Crippen LogP contribution in [0.5, 0.6) is 0 Å². The first kappa shape index (κ1) is 12.6. The van der Waals surface area contributed by atoms with Crippen LogP contribution in [-0.2, 0) is 4.74 Å². The molecule has 0 aromatic heterocycles. The number of nitrogens with two attached hydrogens (primary N) is 1. The number of benzene rings is 1. The van der Waals surface area contributed by atoms with Crippen molar-refractivity contribution in [1.82, 2.24) is 0 Å². The van der Waals surface area contributed by atoms with Gasteiger partial charge in [-0.1, -0.05) is 0 Å². The monoisotopic (exact) mass is 251 g/mol. The minimum atomic E-state index is -0.469. The van der Waals surface area contributed by atoms with Gasteiger partial charge in [0.05, 0.1) is 17.1 Å². The number of ether oxygens (including phenoxy) is 1. The standard InChI is InChI=1S/C12H17N3O3/c1-8-6-14(7-9(2)18-8)10-3-4-12(15(16)17)11(13)5-10/h3-5,8-9H,6-7,13H2,1-2H3/t8-,9-/m1/s1. The van der Waals surface area contributed by atoms with E-state index in [4.69, 9.17) is 10.5 Å². The average Bonchev–Trinajstić information content (AvgIpc) is 2.26. The molecule has 0 saturated carbocycles. The van der Waals surface area contributed by atoms with E-state index in [2.05, 4.69) is 4.90 Å². The van der Waals surface area contributed by atoms with Gasteiger partial charge in [-0.25, -0.2) is 0 Å². The van der Waals surface area contributed by atoms with Crippen molar-refractivity contribution in [3.8, 4) is 0 Å². The summed E-state index contributed by atoms with van der Waals surface area (Å²) in [6.07, 6.45) is 0.287. The van der Waals surface area contributed by atoms with Gasteiger partial charge in [-0.15, -0.1) is 0 Å². The third kappa shape index (κ3) is 2.53. The van der Waals surface area contributed by atoms with Crippen LogP contribution in [0.4, 0.5) is 17.1 Å². The van der Waals surface area contributed by atoms with Gasteiger partial charge in [-0.3, -0.25) is 10.1 Å². The third-order valence-corrected chi connectivity index (χ3v) is 2.99. The van der Waals surface area contributed by atoms with E-state index in [0.29, 0.717) is 0 Å². The molecule has 18 heavy (non-hydrogen) atoms. The van der Waals surface area contributed by atoms with Crippen LogP contribution in [0.3, 0.4) is 0 Å². The molecular weight excluding hydrogens is 234 g/mol. The Bertz CT molecular complexity index is 454. The summed E-state index contributed by atoms with van der Waals surface area (Å²) in [5.41, 5.74) is 6.75. The summed E-state index contributed by atoms with van der Waals surface area (Å²) in [4.78, 5) is 12.4. The van der Waals surface area contributed by atoms with Crippen molar-refractivity contribution in [2.45, 2.75) is 26.1 Å². The average molecular weight is 251 g/mol. The molecule has 2 atom stereocenters. The number of hydrogen-bond donors (Lipinski definition) is 1. The van der Waals surface area contributed by atoms with Gasteiger partial charge in [0, 0.05) is 24.8 Å². The summed E-state index contributed by atoms with van der Waals surface area (Å²) in [6, 6.07) is 4.84. The molecule has 0 radical (unpaired) electrons. The number of nitro groups is 1. The fourth-order valence-electron chi connectivity index (χ4n) is 2.29. The fraction of sp³-hybridized carbons (Fsp3) is 0.500. The van der Waals surface area contributed by atoms with Crippen LogP contribution in [-0.4, -0.2) is 30.2 Å². The van der Waals surface area contributed by atoms with Gasteiger partial charge in [0.25, 0.3) is 5.69 Å². The molecular formula is C12H17N3O3. The SMILES string of the molecule is C[C@@H]1CN(c2ccc([N+](=O)[O-])c(N)c2)C[C@@H](C)O1. The van der Waals surface area contributed by atoms with E-state index in [1.54, 1.807) is 12.1 Å². The molecule has 98 valence electrons. The van der Waals surface area contributed by atoms with Crippen LogP contribution in [0.15, 0.2) is 18.2 Å². The van der Waals surface area contributed by atoms with Crippen molar-refractivity contribution in [3.05, 3.63) is 28.3 Å². The zero-order valence-corrected chi connectivity index (χ0v) is 10.5. The van der Waals surface area contributed by atoms with E-state index in [0.717, 1.165) is 18.8 Å². The molecule has 1 aliphatic heterocycles. The summed E-state index contributed by atoms with van der Waals surface area (Å²) >= 11 is 0. The molecule has 1 fully saturated rings. The number of nitrogens with zero attached hydrogens (tertiary/aromatic N) is 2. The molecule has 0 spiro atoms. The van der Waals surface area contributed by atoms with Gasteiger partial charge >= 0.3 is 0 Å². The zero-order chi connectivity index (χ0) is 13.3. The predicted molar refractivity (Wildman–Crippen MR) is 69.7 cm³/mol. The van der Waals surface area contributed by atoms with Crippen LogP contribution >= 0.6 is 0 Å². The molecule has 6 heteroatoms. The highest BCUT2D eigenvalue weighted by molar-refractivity contribution is 5.66. The van der Waals surface area contributed by atoms with Gasteiger partial charge in [0.1, 0.15) is 5.69 Å². The van der Waals surface area contributed by atoms with Crippen molar-refractivity contribution >= 4 is 17.1 Å². The topological polar surface area (TPSA) is 81.6 Å². The lowest BCUT2D eigenvalue weighted by Crippen LogP contribution is -2.45. The molecule has 0 amide bonds. The molecule has 0 unspecified atom stereocenters. The molecule has 0 bridgehead atoms. The van der Waals surface area contributed by atoms with Crippen molar-refractivity contribution in [1.29, 1.82) is 0 Å². The first-order valence-corrected chi connectivity index (χ1v) is 5.91. The van der Waals surface area contributed by atoms with Crippen LogP contribution in [0.2, 0.25) is 0 Å². The summed E-state index contributed by atoms with van der Waals surface area (Å²) in [7, 11) is 0. The second-order valence-corrected chi connectivity index (χ2v) is 4.66. The second kappa shape index (κ2) is 4.81. The number of nitrogen functional groups attached to an aromatic ring is 1. The van der Waals surface area contributed by atoms with Gasteiger partial charge in [-0.05, 0) is 26.0 Å². The first-order chi connectivity index (χ1) is 8.47. The van der Waals surface area contributed by atoms with Crippen molar-refractivity contribution in [2.24, 2.45) is 0 Å². The van der Waals surface area contributed by atoms with Crippen molar-refractivity contribution < 1.29 is 9.66 Å². The molecule has 2 N–H and O–H groups in total. The van der Waals surface area contributed by atoms with E-state index in [1.165, 1.54) is 6.07 Å². The lowest BCUT2D eigenvalue weighted by Gasteiger charge is -2.36. The quantitative estimate of drug-likeness (QED) is 0.492. The Kier molecular flexibility index (Phi) is 3.38. The maximum atomic E-state index is 10.7. The normalized spacial score (nSPS) is 24.0. The summed E-state index contributed by atoms with van der Waals surface area (Å²) in [5, 5.41) is 10.7. The van der Waals surface area contributed by atoms with Crippen LogP contribution in [0, 0.1) is 10.1 Å². The Labute approximate surface area is 105 Å². The maximum Gasteiger partial charge on any atom is 0.292 e. The number of rotatable bonds is 2. The summed E-state index contributed by atoms with van der Waals surface area (Å²) in [5.74, 6) is 0. The van der Waals surface area contributed by atoms with Gasteiger partial charge in [-0.2, -0.15) is 0 Å². The van der Waals surface area contributed by atoms with Crippen LogP contribution in [0.25, 0.3) is 0 Å². The molecule has 1 heterocycles. The Morgan fingerprint density at radius 2 is 2.00 bits per heavy atom. The lowest BCUT2D eigenvalue weighted by molar-refractivity contribution is -0.383. The van der Waals surface area contributed by atoms with Gasteiger partial charge in [0.15, 0.2) is 0 Å². The minimum absolute atomic E-state index is 0.0480. The number of anilines is 2. The lowest BCUT2D eigenvalue weighted by atomic mass is 10.1. The van der Waals surface area contributed by atoms with E-state index >= 15 is 0 Å².